The standard InChI is InChI=1S/C12H13F2N3O2/c1-17-10(6-15-11(17)16-12(18)19-2)8-4-3-7(13)5-9(8)14/h3-5,10H,6H2,1-2H3,(H,15,16,18). The number of nitrogens with one attached hydrogen (secondary N) is 1. The second-order valence-corrected chi connectivity index (χ2v) is 4.07. The molecule has 1 aromatic carbocycles. The van der Waals surface area contributed by atoms with Crippen molar-refractivity contribution in [3.05, 3.63) is 35.4 Å². The van der Waals surface area contributed by atoms with Crippen molar-refractivity contribution in [1.29, 1.82) is 0 Å². The molecule has 0 aromatic heterocycles. The van der Waals surface area contributed by atoms with Crippen LogP contribution in [0.25, 0.3) is 0 Å². The van der Waals surface area contributed by atoms with E-state index in [4.69, 9.17) is 0 Å². The van der Waals surface area contributed by atoms with Gasteiger partial charge in [0.05, 0.1) is 19.7 Å². The van der Waals surface area contributed by atoms with E-state index < -0.39 is 17.7 Å². The Morgan fingerprint density at radius 1 is 1.53 bits per heavy atom. The summed E-state index contributed by atoms with van der Waals surface area (Å²) in [4.78, 5) is 16.8. The number of hydrogen-bond donors (Lipinski definition) is 1. The minimum Gasteiger partial charge on any atom is -0.453 e. The number of guanidine groups is 1. The van der Waals surface area contributed by atoms with Gasteiger partial charge in [0, 0.05) is 18.7 Å². The number of hydrogen-bond acceptors (Lipinski definition) is 4. The lowest BCUT2D eigenvalue weighted by Crippen LogP contribution is -2.40. The number of amides is 1. The third-order valence-corrected chi connectivity index (χ3v) is 2.94. The molecule has 1 atom stereocenters. The molecule has 5 nitrogen and oxygen atoms in total. The first kappa shape index (κ1) is 13.3. The Morgan fingerprint density at radius 2 is 2.26 bits per heavy atom. The first-order valence-corrected chi connectivity index (χ1v) is 5.60. The Labute approximate surface area is 108 Å². The summed E-state index contributed by atoms with van der Waals surface area (Å²) in [6, 6.07) is 3.02. The molecule has 1 unspecified atom stereocenters. The van der Waals surface area contributed by atoms with Crippen LogP contribution in [0.5, 0.6) is 0 Å². The fourth-order valence-corrected chi connectivity index (χ4v) is 1.90. The molecular formula is C12H13F2N3O2. The number of carbonyl (C=O) groups is 1. The lowest BCUT2D eigenvalue weighted by molar-refractivity contribution is 0.175. The Hall–Kier alpha value is -2.18. The number of ether oxygens (including phenoxy) is 1. The number of benzene rings is 1. The largest absolute Gasteiger partial charge is 0.453 e. The highest BCUT2D eigenvalue weighted by Gasteiger charge is 2.29. The minimum absolute atomic E-state index is 0.276. The van der Waals surface area contributed by atoms with Gasteiger partial charge in [0.2, 0.25) is 5.96 Å². The summed E-state index contributed by atoms with van der Waals surface area (Å²) >= 11 is 0. The van der Waals surface area contributed by atoms with Crippen molar-refractivity contribution >= 4 is 12.1 Å². The monoisotopic (exact) mass is 269 g/mol. The molecule has 1 N–H and O–H groups in total. The van der Waals surface area contributed by atoms with Crippen LogP contribution in [0.4, 0.5) is 13.6 Å². The van der Waals surface area contributed by atoms with Crippen LogP contribution in [0, 0.1) is 11.6 Å². The molecule has 0 aliphatic carbocycles. The highest BCUT2D eigenvalue weighted by Crippen LogP contribution is 2.26. The van der Waals surface area contributed by atoms with Crippen molar-refractivity contribution in [2.75, 3.05) is 20.7 Å². The number of carbonyl (C=O) groups excluding carboxylic acids is 1. The van der Waals surface area contributed by atoms with Crippen LogP contribution in [-0.4, -0.2) is 37.7 Å². The van der Waals surface area contributed by atoms with Crippen LogP contribution >= 0.6 is 0 Å². The molecule has 102 valence electrons. The summed E-state index contributed by atoms with van der Waals surface area (Å²) in [7, 11) is 2.90. The highest BCUT2D eigenvalue weighted by molar-refractivity contribution is 5.94. The first-order valence-electron chi connectivity index (χ1n) is 5.60. The smallest absolute Gasteiger partial charge is 0.413 e. The van der Waals surface area contributed by atoms with Gasteiger partial charge in [-0.05, 0) is 6.07 Å². The molecule has 7 heteroatoms. The number of likely N-dealkylation sites (N-methyl/N-ethyl adjacent to an activating group) is 1. The quantitative estimate of drug-likeness (QED) is 0.843. The van der Waals surface area contributed by atoms with E-state index in [1.165, 1.54) is 19.2 Å². The van der Waals surface area contributed by atoms with E-state index in [9.17, 15) is 13.6 Å². The predicted octanol–water partition coefficient (Wildman–Crippen LogP) is 1.66. The molecule has 1 amide bonds. The summed E-state index contributed by atoms with van der Waals surface area (Å²) in [5.74, 6) is -0.970. The Balaban J connectivity index is 2.15. The number of rotatable bonds is 1. The van der Waals surface area contributed by atoms with Crippen molar-refractivity contribution in [1.82, 2.24) is 10.2 Å². The Bertz CT molecular complexity index is 534. The van der Waals surface area contributed by atoms with E-state index in [1.807, 2.05) is 0 Å². The molecule has 1 heterocycles. The summed E-state index contributed by atoms with van der Waals surface area (Å²) in [5, 5.41) is 2.43. The van der Waals surface area contributed by atoms with Crippen LogP contribution in [0.1, 0.15) is 11.6 Å². The summed E-state index contributed by atoms with van der Waals surface area (Å²) < 4.78 is 31.0. The summed E-state index contributed by atoms with van der Waals surface area (Å²) in [6.45, 7) is 0.276. The molecule has 0 bridgehead atoms. The number of halogens is 2. The topological polar surface area (TPSA) is 53.9 Å². The third-order valence-electron chi connectivity index (χ3n) is 2.94. The van der Waals surface area contributed by atoms with Gasteiger partial charge in [-0.2, -0.15) is 0 Å². The van der Waals surface area contributed by atoms with Crippen molar-refractivity contribution in [2.45, 2.75) is 6.04 Å². The van der Waals surface area contributed by atoms with E-state index in [1.54, 1.807) is 11.9 Å². The molecule has 0 saturated heterocycles. The number of methoxy groups -OCH3 is 1. The van der Waals surface area contributed by atoms with Crippen molar-refractivity contribution < 1.29 is 18.3 Å². The van der Waals surface area contributed by atoms with Gasteiger partial charge < -0.3 is 9.64 Å². The van der Waals surface area contributed by atoms with Gasteiger partial charge >= 0.3 is 6.09 Å². The maximum Gasteiger partial charge on any atom is 0.413 e. The second kappa shape index (κ2) is 5.21. The molecule has 2 rings (SSSR count). The third kappa shape index (κ3) is 2.64. The Kier molecular flexibility index (Phi) is 3.64. The minimum atomic E-state index is -0.647. The van der Waals surface area contributed by atoms with Crippen molar-refractivity contribution in [3.63, 3.8) is 0 Å². The van der Waals surface area contributed by atoms with Crippen LogP contribution < -0.4 is 5.32 Å². The van der Waals surface area contributed by atoms with E-state index in [-0.39, 0.29) is 12.6 Å². The molecule has 0 spiro atoms. The molecule has 0 radical (unpaired) electrons. The normalized spacial score (nSPS) is 18.2. The lowest BCUT2D eigenvalue weighted by Gasteiger charge is -2.23. The average molecular weight is 269 g/mol. The van der Waals surface area contributed by atoms with E-state index >= 15 is 0 Å². The van der Waals surface area contributed by atoms with Crippen molar-refractivity contribution in [3.8, 4) is 0 Å². The highest BCUT2D eigenvalue weighted by atomic mass is 19.1. The Morgan fingerprint density at radius 3 is 2.89 bits per heavy atom. The van der Waals surface area contributed by atoms with Gasteiger partial charge in [0.1, 0.15) is 11.6 Å². The fourth-order valence-electron chi connectivity index (χ4n) is 1.90. The zero-order chi connectivity index (χ0) is 14.0. The number of aliphatic imine (C=N–C) groups is 1. The van der Waals surface area contributed by atoms with Gasteiger partial charge in [-0.3, -0.25) is 10.3 Å². The molecule has 1 aliphatic heterocycles. The molecule has 0 saturated carbocycles. The zero-order valence-corrected chi connectivity index (χ0v) is 10.5. The maximum absolute atomic E-state index is 13.7. The summed E-state index contributed by atoms with van der Waals surface area (Å²) in [5.41, 5.74) is 0.328. The van der Waals surface area contributed by atoms with Gasteiger partial charge in [-0.15, -0.1) is 0 Å². The van der Waals surface area contributed by atoms with E-state index in [0.717, 1.165) is 6.07 Å². The number of alkyl carbamates (subject to hydrolysis) is 1. The van der Waals surface area contributed by atoms with Gasteiger partial charge in [0.15, 0.2) is 0 Å². The van der Waals surface area contributed by atoms with Crippen LogP contribution in [0.15, 0.2) is 23.2 Å². The van der Waals surface area contributed by atoms with E-state index in [2.05, 4.69) is 15.0 Å². The van der Waals surface area contributed by atoms with Gasteiger partial charge in [0.25, 0.3) is 0 Å². The molecule has 1 aliphatic rings. The zero-order valence-electron chi connectivity index (χ0n) is 10.5. The first-order chi connectivity index (χ1) is 9.02. The van der Waals surface area contributed by atoms with E-state index in [0.29, 0.717) is 11.5 Å². The molecule has 0 fully saturated rings. The molecule has 1 aromatic rings. The van der Waals surface area contributed by atoms with Crippen LogP contribution in [0.2, 0.25) is 0 Å². The summed E-state index contributed by atoms with van der Waals surface area (Å²) in [6.07, 6.45) is -0.647. The predicted molar refractivity (Wildman–Crippen MR) is 64.7 cm³/mol. The number of nitrogens with zero attached hydrogens (tertiary/aromatic N) is 2. The van der Waals surface area contributed by atoms with Crippen LogP contribution in [0.3, 0.4) is 0 Å². The van der Waals surface area contributed by atoms with Crippen LogP contribution in [-0.2, 0) is 4.74 Å². The van der Waals surface area contributed by atoms with Crippen molar-refractivity contribution in [2.24, 2.45) is 4.99 Å². The van der Waals surface area contributed by atoms with Gasteiger partial charge in [-0.25, -0.2) is 13.6 Å². The molecular weight excluding hydrogens is 256 g/mol. The second-order valence-electron chi connectivity index (χ2n) is 4.07. The lowest BCUT2D eigenvalue weighted by atomic mass is 10.1. The fraction of sp³-hybridized carbons (Fsp3) is 0.333. The SMILES string of the molecule is COC(=O)NC1=NCC(c2ccc(F)cc2F)N1C. The van der Waals surface area contributed by atoms with Gasteiger partial charge in [-0.1, -0.05) is 6.07 Å². The average Bonchev–Trinajstić information content (AvgIpc) is 2.71. The molecule has 19 heavy (non-hydrogen) atoms. The maximum atomic E-state index is 13.7.